The smallest absolute Gasteiger partial charge is 0.335 e. The lowest BCUT2D eigenvalue weighted by Gasteiger charge is -2.21. The summed E-state index contributed by atoms with van der Waals surface area (Å²) in [5.41, 5.74) is 1.43. The summed E-state index contributed by atoms with van der Waals surface area (Å²) in [5.74, 6) is 2.11. The van der Waals surface area contributed by atoms with Gasteiger partial charge in [-0.2, -0.15) is 0 Å². The van der Waals surface area contributed by atoms with Crippen LogP contribution in [0.5, 0.6) is 0 Å². The van der Waals surface area contributed by atoms with E-state index in [1.165, 1.54) is 32.1 Å². The highest BCUT2D eigenvalue weighted by atomic mass is 16.4. The third-order valence-corrected chi connectivity index (χ3v) is 5.08. The van der Waals surface area contributed by atoms with Gasteiger partial charge in [-0.05, 0) is 67.7 Å². The van der Waals surface area contributed by atoms with E-state index in [1.807, 2.05) is 12.1 Å². The third kappa shape index (κ3) is 3.04. The molecule has 0 amide bonds. The van der Waals surface area contributed by atoms with E-state index in [2.05, 4.69) is 5.32 Å². The number of carbonyl (C=O) groups is 1. The van der Waals surface area contributed by atoms with Crippen LogP contribution < -0.4 is 5.32 Å². The van der Waals surface area contributed by atoms with Crippen molar-refractivity contribution in [3.63, 3.8) is 0 Å². The molecule has 0 saturated heterocycles. The predicted molar refractivity (Wildman–Crippen MR) is 78.7 cm³/mol. The normalized spacial score (nSPS) is 27.9. The number of hydrogen-bond acceptors (Lipinski definition) is 2. The van der Waals surface area contributed by atoms with Crippen LogP contribution in [0.1, 0.15) is 48.0 Å². The second-order valence-electron chi connectivity index (χ2n) is 6.41. The maximum Gasteiger partial charge on any atom is 0.335 e. The molecule has 2 saturated carbocycles. The van der Waals surface area contributed by atoms with Crippen LogP contribution in [0.3, 0.4) is 0 Å². The van der Waals surface area contributed by atoms with Gasteiger partial charge in [0, 0.05) is 6.54 Å². The lowest BCUT2D eigenvalue weighted by Crippen LogP contribution is -2.20. The van der Waals surface area contributed by atoms with E-state index in [4.69, 9.17) is 5.11 Å². The van der Waals surface area contributed by atoms with Gasteiger partial charge in [-0.1, -0.05) is 18.6 Å². The number of fused-ring (bicyclic) bond motifs is 2. The number of rotatable bonds is 6. The molecule has 2 fully saturated rings. The van der Waals surface area contributed by atoms with Crippen molar-refractivity contribution in [1.29, 1.82) is 0 Å². The zero-order valence-corrected chi connectivity index (χ0v) is 11.8. The molecule has 20 heavy (non-hydrogen) atoms. The first kappa shape index (κ1) is 13.6. The molecule has 2 aliphatic carbocycles. The Hall–Kier alpha value is -1.35. The monoisotopic (exact) mass is 273 g/mol. The van der Waals surface area contributed by atoms with E-state index in [1.54, 1.807) is 12.1 Å². The molecule has 108 valence electrons. The third-order valence-electron chi connectivity index (χ3n) is 5.08. The minimum atomic E-state index is -0.853. The number of aromatic carboxylic acids is 1. The number of carboxylic acids is 1. The van der Waals surface area contributed by atoms with Gasteiger partial charge in [0.1, 0.15) is 0 Å². The second-order valence-corrected chi connectivity index (χ2v) is 6.41. The fourth-order valence-corrected chi connectivity index (χ4v) is 4.06. The topological polar surface area (TPSA) is 49.3 Å². The number of hydrogen-bond donors (Lipinski definition) is 2. The molecule has 3 atom stereocenters. The lowest BCUT2D eigenvalue weighted by molar-refractivity contribution is 0.0696. The summed E-state index contributed by atoms with van der Waals surface area (Å²) >= 11 is 0. The van der Waals surface area contributed by atoms with Crippen LogP contribution in [-0.4, -0.2) is 17.6 Å². The molecular weight excluding hydrogens is 250 g/mol. The van der Waals surface area contributed by atoms with Gasteiger partial charge in [-0.3, -0.25) is 0 Å². The minimum absolute atomic E-state index is 0.373. The number of benzene rings is 1. The molecule has 1 aromatic rings. The largest absolute Gasteiger partial charge is 0.478 e. The van der Waals surface area contributed by atoms with Crippen molar-refractivity contribution in [2.75, 3.05) is 6.54 Å². The molecule has 3 heteroatoms. The average molecular weight is 273 g/mol. The maximum absolute atomic E-state index is 10.9. The molecule has 0 spiro atoms. The van der Waals surface area contributed by atoms with Crippen molar-refractivity contribution < 1.29 is 9.90 Å². The molecule has 3 rings (SSSR count). The SMILES string of the molecule is O=C(O)c1cccc(CNCCC2CC3CCC2C3)c1. The zero-order chi connectivity index (χ0) is 13.9. The molecule has 2 N–H and O–H groups in total. The quantitative estimate of drug-likeness (QED) is 0.782. The molecule has 0 aliphatic heterocycles. The van der Waals surface area contributed by atoms with Crippen molar-refractivity contribution in [1.82, 2.24) is 5.32 Å². The second kappa shape index (κ2) is 5.96. The fraction of sp³-hybridized carbons (Fsp3) is 0.588. The van der Waals surface area contributed by atoms with Gasteiger partial charge in [0.05, 0.1) is 5.56 Å². The molecule has 3 nitrogen and oxygen atoms in total. The standard InChI is InChI=1S/C17H23NO2/c19-17(20)16-3-1-2-13(10-16)11-18-7-6-15-9-12-4-5-14(15)8-12/h1-3,10,12,14-15,18H,4-9,11H2,(H,19,20). The summed E-state index contributed by atoms with van der Waals surface area (Å²) in [7, 11) is 0. The van der Waals surface area contributed by atoms with Crippen LogP contribution in [0, 0.1) is 17.8 Å². The van der Waals surface area contributed by atoms with Crippen LogP contribution in [0.2, 0.25) is 0 Å². The van der Waals surface area contributed by atoms with E-state index >= 15 is 0 Å². The molecule has 2 aliphatic rings. The van der Waals surface area contributed by atoms with Crippen molar-refractivity contribution in [2.24, 2.45) is 17.8 Å². The first-order valence-corrected chi connectivity index (χ1v) is 7.75. The Morgan fingerprint density at radius 1 is 1.30 bits per heavy atom. The number of nitrogens with one attached hydrogen (secondary N) is 1. The van der Waals surface area contributed by atoms with E-state index in [9.17, 15) is 4.79 Å². The molecule has 0 radical (unpaired) electrons. The Labute approximate surface area is 120 Å². The van der Waals surface area contributed by atoms with E-state index in [0.717, 1.165) is 36.4 Å². The average Bonchev–Trinajstić information content (AvgIpc) is 3.06. The molecule has 1 aromatic carbocycles. The van der Waals surface area contributed by atoms with Crippen LogP contribution >= 0.6 is 0 Å². The van der Waals surface area contributed by atoms with Gasteiger partial charge in [0.15, 0.2) is 0 Å². The molecule has 3 unspecified atom stereocenters. The van der Waals surface area contributed by atoms with Gasteiger partial charge >= 0.3 is 5.97 Å². The highest BCUT2D eigenvalue weighted by Crippen LogP contribution is 2.49. The van der Waals surface area contributed by atoms with Crippen LogP contribution in [0.15, 0.2) is 24.3 Å². The Morgan fingerprint density at radius 3 is 2.90 bits per heavy atom. The van der Waals surface area contributed by atoms with Gasteiger partial charge in [0.25, 0.3) is 0 Å². The first-order valence-electron chi connectivity index (χ1n) is 7.75. The van der Waals surface area contributed by atoms with Crippen molar-refractivity contribution in [3.05, 3.63) is 35.4 Å². The predicted octanol–water partition coefficient (Wildman–Crippen LogP) is 3.30. The van der Waals surface area contributed by atoms with E-state index < -0.39 is 5.97 Å². The fourth-order valence-electron chi connectivity index (χ4n) is 4.06. The lowest BCUT2D eigenvalue weighted by atomic mass is 9.86. The van der Waals surface area contributed by atoms with E-state index in [0.29, 0.717) is 5.56 Å². The van der Waals surface area contributed by atoms with Gasteiger partial charge in [-0.15, -0.1) is 0 Å². The van der Waals surface area contributed by atoms with Crippen molar-refractivity contribution in [2.45, 2.75) is 38.6 Å². The van der Waals surface area contributed by atoms with Crippen LogP contribution in [-0.2, 0) is 6.54 Å². The Balaban J connectivity index is 1.41. The summed E-state index contributed by atoms with van der Waals surface area (Å²) in [6.07, 6.45) is 7.12. The molecule has 2 bridgehead atoms. The molecule has 0 aromatic heterocycles. The van der Waals surface area contributed by atoms with Crippen LogP contribution in [0.4, 0.5) is 0 Å². The summed E-state index contributed by atoms with van der Waals surface area (Å²) in [4.78, 5) is 10.9. The Bertz CT molecular complexity index is 486. The van der Waals surface area contributed by atoms with Gasteiger partial charge in [-0.25, -0.2) is 4.79 Å². The molecule has 0 heterocycles. The maximum atomic E-state index is 10.9. The van der Waals surface area contributed by atoms with Crippen molar-refractivity contribution in [3.8, 4) is 0 Å². The minimum Gasteiger partial charge on any atom is -0.478 e. The Kier molecular flexibility index (Phi) is 4.06. The molecular formula is C17H23NO2. The Morgan fingerprint density at radius 2 is 2.20 bits per heavy atom. The highest BCUT2D eigenvalue weighted by molar-refractivity contribution is 5.87. The summed E-state index contributed by atoms with van der Waals surface area (Å²) < 4.78 is 0. The number of carboxylic acid groups (broad SMARTS) is 1. The van der Waals surface area contributed by atoms with Gasteiger partial charge < -0.3 is 10.4 Å². The summed E-state index contributed by atoms with van der Waals surface area (Å²) in [6, 6.07) is 7.20. The van der Waals surface area contributed by atoms with E-state index in [-0.39, 0.29) is 0 Å². The van der Waals surface area contributed by atoms with Gasteiger partial charge in [0.2, 0.25) is 0 Å². The van der Waals surface area contributed by atoms with Crippen LogP contribution in [0.25, 0.3) is 0 Å². The summed E-state index contributed by atoms with van der Waals surface area (Å²) in [5, 5.41) is 12.4. The summed E-state index contributed by atoms with van der Waals surface area (Å²) in [6.45, 7) is 1.81. The first-order chi connectivity index (χ1) is 9.72. The van der Waals surface area contributed by atoms with Crippen molar-refractivity contribution >= 4 is 5.97 Å². The zero-order valence-electron chi connectivity index (χ0n) is 11.8. The highest BCUT2D eigenvalue weighted by Gasteiger charge is 2.38.